The molecule has 0 heterocycles. The lowest BCUT2D eigenvalue weighted by Crippen LogP contribution is -2.56. The van der Waals surface area contributed by atoms with E-state index in [1.165, 1.54) is 0 Å². The number of aliphatic hydroxyl groups excluding tert-OH is 1. The van der Waals surface area contributed by atoms with E-state index < -0.39 is 11.6 Å². The first-order valence-corrected chi connectivity index (χ1v) is 6.60. The molecule has 0 unspecified atom stereocenters. The monoisotopic (exact) mass is 277 g/mol. The Hall–Kier alpha value is -2.08. The zero-order chi connectivity index (χ0) is 14.6. The number of nitrogens with one attached hydrogen (secondary N) is 2. The Bertz CT molecular complexity index is 489. The summed E-state index contributed by atoms with van der Waals surface area (Å²) in [6, 6.07) is 6.32. The lowest BCUT2D eigenvalue weighted by atomic mass is 9.77. The smallest absolute Gasteiger partial charge is 0.312 e. The van der Waals surface area contributed by atoms with Gasteiger partial charge in [-0.25, -0.2) is 4.79 Å². The molecule has 20 heavy (non-hydrogen) atoms. The Morgan fingerprint density at radius 1 is 1.25 bits per heavy atom. The topological polar surface area (TPSA) is 104 Å². The van der Waals surface area contributed by atoms with Crippen LogP contribution in [-0.2, 0) is 6.54 Å². The van der Waals surface area contributed by atoms with Crippen LogP contribution in [0.1, 0.15) is 35.2 Å². The average molecular weight is 277 g/mol. The van der Waals surface area contributed by atoms with E-state index in [-0.39, 0.29) is 12.5 Å². The number of amides is 3. The van der Waals surface area contributed by atoms with Gasteiger partial charge in [0.2, 0.25) is 0 Å². The fourth-order valence-electron chi connectivity index (χ4n) is 2.20. The molecule has 0 atom stereocenters. The van der Waals surface area contributed by atoms with Crippen LogP contribution in [0, 0.1) is 0 Å². The molecule has 0 saturated heterocycles. The summed E-state index contributed by atoms with van der Waals surface area (Å²) < 4.78 is 0. The Morgan fingerprint density at radius 3 is 2.35 bits per heavy atom. The van der Waals surface area contributed by atoms with Gasteiger partial charge in [-0.3, -0.25) is 4.79 Å². The minimum absolute atomic E-state index is 0.0284. The number of hydrogen-bond acceptors (Lipinski definition) is 3. The zero-order valence-electron chi connectivity index (χ0n) is 11.2. The van der Waals surface area contributed by atoms with Crippen molar-refractivity contribution in [3.63, 3.8) is 0 Å². The number of aliphatic hydroxyl groups is 1. The molecule has 1 aromatic rings. The van der Waals surface area contributed by atoms with Crippen LogP contribution in [0.4, 0.5) is 4.79 Å². The summed E-state index contributed by atoms with van der Waals surface area (Å²) in [5, 5.41) is 14.7. The summed E-state index contributed by atoms with van der Waals surface area (Å²) in [5.74, 6) is -0.187. The Kier molecular flexibility index (Phi) is 4.24. The number of rotatable bonds is 5. The third-order valence-corrected chi connectivity index (χ3v) is 3.67. The molecule has 5 N–H and O–H groups in total. The van der Waals surface area contributed by atoms with E-state index in [0.717, 1.165) is 24.8 Å². The van der Waals surface area contributed by atoms with Gasteiger partial charge in [0.15, 0.2) is 0 Å². The Morgan fingerprint density at radius 2 is 1.90 bits per heavy atom. The Balaban J connectivity index is 1.95. The fraction of sp³-hybridized carbons (Fsp3) is 0.429. The second-order valence-electron chi connectivity index (χ2n) is 5.16. The average Bonchev–Trinajstić information content (AvgIpc) is 2.41. The van der Waals surface area contributed by atoms with E-state index in [9.17, 15) is 14.7 Å². The van der Waals surface area contributed by atoms with Crippen molar-refractivity contribution >= 4 is 11.9 Å². The number of nitrogens with two attached hydrogens (primary N) is 1. The molecule has 0 aliphatic heterocycles. The molecule has 2 rings (SSSR count). The summed E-state index contributed by atoms with van der Waals surface area (Å²) in [6.45, 7) is 0.303. The zero-order valence-corrected chi connectivity index (χ0v) is 11.2. The van der Waals surface area contributed by atoms with Gasteiger partial charge >= 0.3 is 6.03 Å². The minimum atomic E-state index is -0.582. The highest BCUT2D eigenvalue weighted by Gasteiger charge is 2.37. The van der Waals surface area contributed by atoms with Crippen molar-refractivity contribution in [1.29, 1.82) is 0 Å². The van der Waals surface area contributed by atoms with E-state index in [4.69, 9.17) is 5.73 Å². The van der Waals surface area contributed by atoms with Crippen LogP contribution in [0.3, 0.4) is 0 Å². The molecule has 0 aromatic heterocycles. The highest BCUT2D eigenvalue weighted by atomic mass is 16.3. The van der Waals surface area contributed by atoms with Crippen molar-refractivity contribution in [2.75, 3.05) is 6.61 Å². The molecule has 1 fully saturated rings. The number of benzene rings is 1. The molecule has 1 aromatic carbocycles. The van der Waals surface area contributed by atoms with Crippen LogP contribution >= 0.6 is 0 Å². The second kappa shape index (κ2) is 5.92. The summed E-state index contributed by atoms with van der Waals surface area (Å²) in [4.78, 5) is 22.7. The molecule has 1 aliphatic carbocycles. The van der Waals surface area contributed by atoms with Crippen LogP contribution in [0.25, 0.3) is 0 Å². The van der Waals surface area contributed by atoms with Crippen molar-refractivity contribution in [1.82, 2.24) is 10.6 Å². The van der Waals surface area contributed by atoms with Gasteiger partial charge in [0.1, 0.15) is 0 Å². The van der Waals surface area contributed by atoms with E-state index in [0.29, 0.717) is 12.1 Å². The van der Waals surface area contributed by atoms with Gasteiger partial charge in [0.05, 0.1) is 12.1 Å². The summed E-state index contributed by atoms with van der Waals surface area (Å²) in [5.41, 5.74) is 5.94. The van der Waals surface area contributed by atoms with E-state index in [2.05, 4.69) is 10.6 Å². The van der Waals surface area contributed by atoms with Crippen LogP contribution in [0.2, 0.25) is 0 Å². The van der Waals surface area contributed by atoms with Crippen molar-refractivity contribution in [3.05, 3.63) is 35.4 Å². The maximum atomic E-state index is 12.1. The van der Waals surface area contributed by atoms with Gasteiger partial charge in [-0.05, 0) is 37.0 Å². The van der Waals surface area contributed by atoms with E-state index >= 15 is 0 Å². The third-order valence-electron chi connectivity index (χ3n) is 3.67. The first kappa shape index (κ1) is 14.3. The molecular weight excluding hydrogens is 258 g/mol. The van der Waals surface area contributed by atoms with Crippen molar-refractivity contribution in [3.8, 4) is 0 Å². The molecule has 1 saturated carbocycles. The summed E-state index contributed by atoms with van der Waals surface area (Å²) >= 11 is 0. The van der Waals surface area contributed by atoms with Crippen LogP contribution < -0.4 is 16.4 Å². The fourth-order valence-corrected chi connectivity index (χ4v) is 2.20. The first-order valence-electron chi connectivity index (χ1n) is 6.60. The van der Waals surface area contributed by atoms with Crippen molar-refractivity contribution < 1.29 is 14.7 Å². The second-order valence-corrected chi connectivity index (χ2v) is 5.16. The Labute approximate surface area is 117 Å². The van der Waals surface area contributed by atoms with Gasteiger partial charge in [-0.15, -0.1) is 0 Å². The molecule has 0 spiro atoms. The van der Waals surface area contributed by atoms with Gasteiger partial charge in [0.25, 0.3) is 5.91 Å². The predicted molar refractivity (Wildman–Crippen MR) is 74.0 cm³/mol. The molecule has 108 valence electrons. The number of primary amides is 1. The lowest BCUT2D eigenvalue weighted by Gasteiger charge is -2.40. The SMILES string of the molecule is NC(=O)NCc1ccc(C(=O)NC2(CO)CCC2)cc1. The maximum absolute atomic E-state index is 12.1. The quantitative estimate of drug-likeness (QED) is 0.630. The van der Waals surface area contributed by atoms with Gasteiger partial charge < -0.3 is 21.5 Å². The normalized spacial score (nSPS) is 16.1. The molecule has 0 bridgehead atoms. The largest absolute Gasteiger partial charge is 0.394 e. The molecule has 3 amide bonds. The third kappa shape index (κ3) is 3.27. The molecule has 6 nitrogen and oxygen atoms in total. The van der Waals surface area contributed by atoms with Gasteiger partial charge in [-0.1, -0.05) is 12.1 Å². The van der Waals surface area contributed by atoms with Crippen molar-refractivity contribution in [2.45, 2.75) is 31.3 Å². The standard InChI is InChI=1S/C14H19N3O3/c15-13(20)16-8-10-2-4-11(5-3-10)12(19)17-14(9-18)6-1-7-14/h2-5,18H,1,6-9H2,(H,17,19)(H3,15,16,20). The minimum Gasteiger partial charge on any atom is -0.394 e. The molecule has 0 radical (unpaired) electrons. The number of hydrogen-bond donors (Lipinski definition) is 4. The van der Waals surface area contributed by atoms with Crippen LogP contribution in [0.5, 0.6) is 0 Å². The van der Waals surface area contributed by atoms with Crippen LogP contribution in [-0.4, -0.2) is 29.2 Å². The van der Waals surface area contributed by atoms with E-state index in [1.54, 1.807) is 24.3 Å². The highest BCUT2D eigenvalue weighted by Crippen LogP contribution is 2.31. The van der Waals surface area contributed by atoms with Gasteiger partial charge in [0, 0.05) is 12.1 Å². The predicted octanol–water partition coefficient (Wildman–Crippen LogP) is 0.500. The summed E-state index contributed by atoms with van der Waals surface area (Å²) in [7, 11) is 0. The summed E-state index contributed by atoms with van der Waals surface area (Å²) in [6.07, 6.45) is 2.66. The van der Waals surface area contributed by atoms with Gasteiger partial charge in [-0.2, -0.15) is 0 Å². The van der Waals surface area contributed by atoms with Crippen molar-refractivity contribution in [2.24, 2.45) is 5.73 Å². The highest BCUT2D eigenvalue weighted by molar-refractivity contribution is 5.94. The molecule has 6 heteroatoms. The first-order chi connectivity index (χ1) is 9.54. The van der Waals surface area contributed by atoms with Crippen LogP contribution in [0.15, 0.2) is 24.3 Å². The number of carbonyl (C=O) groups is 2. The molecule has 1 aliphatic rings. The molecular formula is C14H19N3O3. The number of urea groups is 1. The maximum Gasteiger partial charge on any atom is 0.312 e. The van der Waals surface area contributed by atoms with E-state index in [1.807, 2.05) is 0 Å². The number of carbonyl (C=O) groups excluding carboxylic acids is 2. The lowest BCUT2D eigenvalue weighted by molar-refractivity contribution is 0.0641.